The number of hydrazine groups is 1. The number of nitrogens with two attached hydrogens (primary N) is 2. The number of hydrogen-bond donors (Lipinski definition) is 4. The van der Waals surface area contributed by atoms with Crippen molar-refractivity contribution in [3.05, 3.63) is 100 Å². The number of piperazine rings is 1. The van der Waals surface area contributed by atoms with Gasteiger partial charge in [0.15, 0.2) is 5.82 Å². The molecule has 0 radical (unpaired) electrons. The molecule has 6 rings (SSSR count). The maximum atomic E-state index is 13.4. The second kappa shape index (κ2) is 17.8. The van der Waals surface area contributed by atoms with E-state index in [0.717, 1.165) is 67.6 Å². The highest BCUT2D eigenvalue weighted by Gasteiger charge is 2.35. The van der Waals surface area contributed by atoms with E-state index in [4.69, 9.17) is 33.0 Å². The first kappa shape index (κ1) is 38.1. The van der Waals surface area contributed by atoms with E-state index in [1.165, 1.54) is 35.4 Å². The minimum absolute atomic E-state index is 0.0287. The maximum absolute atomic E-state index is 13.4. The van der Waals surface area contributed by atoms with Crippen molar-refractivity contribution in [2.45, 2.75) is 39.3 Å². The minimum atomic E-state index is -1.03. The van der Waals surface area contributed by atoms with Gasteiger partial charge in [0.1, 0.15) is 6.04 Å². The van der Waals surface area contributed by atoms with Crippen LogP contribution >= 0.6 is 11.6 Å². The standard InChI is InChI=1S/C25H28N4O5.C9H11ClFN3.C2H6/c30-16-29-9-8-20-21(23(29)24(31)26-18-6-4-17(5-7-18)25(32)33)2-1-3-22(20)28-12-10-27(11-13-28)19-14-34-15-19;1-6(12)5-14(13)8-4-2-3-7(10)9(8)11;1-2/h1-7,16,19,23H,8-15H2,(H,26,31)(H,32,33);2-5H,12-13H2,1H3;1-2H3/b;6-5-;. The maximum Gasteiger partial charge on any atom is 0.335 e. The summed E-state index contributed by atoms with van der Waals surface area (Å²) in [4.78, 5) is 42.6. The topological polar surface area (TPSA) is 158 Å². The summed E-state index contributed by atoms with van der Waals surface area (Å²) >= 11 is 5.59. The predicted octanol–water partition coefficient (Wildman–Crippen LogP) is 4.61. The van der Waals surface area contributed by atoms with Gasteiger partial charge in [-0.25, -0.2) is 15.0 Å². The van der Waals surface area contributed by atoms with Crippen molar-refractivity contribution >= 4 is 46.9 Å². The summed E-state index contributed by atoms with van der Waals surface area (Å²) in [6, 6.07) is 16.4. The molecule has 1 atom stereocenters. The lowest BCUT2D eigenvalue weighted by Gasteiger charge is -2.44. The van der Waals surface area contributed by atoms with E-state index in [9.17, 15) is 18.8 Å². The lowest BCUT2D eigenvalue weighted by atomic mass is 9.90. The summed E-state index contributed by atoms with van der Waals surface area (Å²) in [6.07, 6.45) is 2.83. The number of carbonyl (C=O) groups is 3. The van der Waals surface area contributed by atoms with Gasteiger partial charge in [0.2, 0.25) is 6.41 Å². The van der Waals surface area contributed by atoms with Crippen LogP contribution in [-0.4, -0.2) is 85.2 Å². The molecule has 50 heavy (non-hydrogen) atoms. The molecule has 3 aromatic carbocycles. The Morgan fingerprint density at radius 3 is 2.26 bits per heavy atom. The molecule has 3 aromatic rings. The number of nitrogens with one attached hydrogen (secondary N) is 1. The Balaban J connectivity index is 0.000000295. The van der Waals surface area contributed by atoms with E-state index >= 15 is 0 Å². The van der Waals surface area contributed by atoms with Crippen LogP contribution in [0.4, 0.5) is 21.5 Å². The van der Waals surface area contributed by atoms with Crippen molar-refractivity contribution in [3.63, 3.8) is 0 Å². The summed E-state index contributed by atoms with van der Waals surface area (Å²) in [5.74, 6) is 3.64. The van der Waals surface area contributed by atoms with Gasteiger partial charge in [0.05, 0.1) is 35.5 Å². The van der Waals surface area contributed by atoms with Crippen molar-refractivity contribution in [1.29, 1.82) is 0 Å². The molecule has 12 nitrogen and oxygen atoms in total. The fourth-order valence-electron chi connectivity index (χ4n) is 6.02. The molecule has 3 heterocycles. The lowest BCUT2D eigenvalue weighted by Crippen LogP contribution is -2.56. The molecular formula is C36H45ClFN7O5. The first-order valence-electron chi connectivity index (χ1n) is 16.5. The fourth-order valence-corrected chi connectivity index (χ4v) is 6.19. The fraction of sp³-hybridized carbons (Fsp3) is 0.361. The first-order chi connectivity index (χ1) is 24.1. The summed E-state index contributed by atoms with van der Waals surface area (Å²) in [5.41, 5.74) is 9.78. The molecule has 14 heteroatoms. The van der Waals surface area contributed by atoms with E-state index in [1.54, 1.807) is 25.1 Å². The van der Waals surface area contributed by atoms with Gasteiger partial charge in [0.25, 0.3) is 5.91 Å². The molecule has 268 valence electrons. The van der Waals surface area contributed by atoms with Crippen molar-refractivity contribution < 1.29 is 28.6 Å². The number of anilines is 3. The smallest absolute Gasteiger partial charge is 0.335 e. The van der Waals surface area contributed by atoms with Crippen LogP contribution in [-0.2, 0) is 20.7 Å². The number of nitrogens with zero attached hydrogens (tertiary/aromatic N) is 4. The zero-order valence-electron chi connectivity index (χ0n) is 28.5. The van der Waals surface area contributed by atoms with Gasteiger partial charge >= 0.3 is 5.97 Å². The summed E-state index contributed by atoms with van der Waals surface area (Å²) in [6.45, 7) is 11.5. The quantitative estimate of drug-likeness (QED) is 0.148. The van der Waals surface area contributed by atoms with Gasteiger partial charge in [-0.3, -0.25) is 19.5 Å². The second-order valence-electron chi connectivity index (χ2n) is 11.8. The molecule has 0 spiro atoms. The van der Waals surface area contributed by atoms with Gasteiger partial charge in [-0.2, -0.15) is 0 Å². The number of ether oxygens (including phenoxy) is 1. The molecule has 2 amide bonds. The Kier molecular flexibility index (Phi) is 13.6. The minimum Gasteiger partial charge on any atom is -0.478 e. The number of allylic oxidation sites excluding steroid dienone is 1. The Labute approximate surface area is 297 Å². The number of hydrogen-bond acceptors (Lipinski definition) is 9. The zero-order valence-corrected chi connectivity index (χ0v) is 29.3. The van der Waals surface area contributed by atoms with Crippen LogP contribution in [0.15, 0.2) is 72.6 Å². The largest absolute Gasteiger partial charge is 0.478 e. The van der Waals surface area contributed by atoms with E-state index in [-0.39, 0.29) is 22.2 Å². The van der Waals surface area contributed by atoms with Gasteiger partial charge in [-0.1, -0.05) is 43.6 Å². The van der Waals surface area contributed by atoms with Gasteiger partial charge in [-0.05, 0) is 66.9 Å². The Bertz CT molecular complexity index is 1660. The van der Waals surface area contributed by atoms with Crippen LogP contribution in [0.3, 0.4) is 0 Å². The monoisotopic (exact) mass is 709 g/mol. The third-order valence-electron chi connectivity index (χ3n) is 8.56. The van der Waals surface area contributed by atoms with Crippen LogP contribution in [0.5, 0.6) is 0 Å². The number of benzene rings is 3. The van der Waals surface area contributed by atoms with Crippen LogP contribution in [0.25, 0.3) is 0 Å². The lowest BCUT2D eigenvalue weighted by molar-refractivity contribution is -0.130. The molecule has 2 saturated heterocycles. The SMILES string of the molecule is C/C(N)=C/N(N)c1cccc(Cl)c1F.CC.O=CN1CCc2c(cccc2N2CCN(C3COC3)CC2)C1C(=O)Nc1ccc(C(=O)O)cc1. The molecule has 3 aliphatic heterocycles. The number of halogens is 2. The average molecular weight is 710 g/mol. The van der Waals surface area contributed by atoms with Gasteiger partial charge in [-0.15, -0.1) is 0 Å². The molecule has 0 bridgehead atoms. The average Bonchev–Trinajstić information content (AvgIpc) is 3.09. The number of aromatic carboxylic acids is 1. The normalized spacial score (nSPS) is 17.6. The summed E-state index contributed by atoms with van der Waals surface area (Å²) < 4.78 is 18.7. The third kappa shape index (κ3) is 9.10. The molecule has 3 aliphatic rings. The number of carboxylic acids is 1. The molecule has 0 aromatic heterocycles. The second-order valence-corrected chi connectivity index (χ2v) is 12.2. The third-order valence-corrected chi connectivity index (χ3v) is 8.85. The van der Waals surface area contributed by atoms with Crippen molar-refractivity contribution in [1.82, 2.24) is 9.80 Å². The van der Waals surface area contributed by atoms with E-state index in [2.05, 4.69) is 21.2 Å². The molecular weight excluding hydrogens is 665 g/mol. The van der Waals surface area contributed by atoms with Crippen molar-refractivity contribution in [2.24, 2.45) is 11.6 Å². The Morgan fingerprint density at radius 1 is 1.02 bits per heavy atom. The molecule has 0 saturated carbocycles. The van der Waals surface area contributed by atoms with Crippen molar-refractivity contribution in [2.75, 3.05) is 61.2 Å². The zero-order chi connectivity index (χ0) is 36.4. The predicted molar refractivity (Wildman–Crippen MR) is 193 cm³/mol. The van der Waals surface area contributed by atoms with E-state index < -0.39 is 17.8 Å². The number of carbonyl (C=O) groups excluding carboxylic acids is 2. The molecule has 2 fully saturated rings. The van der Waals surface area contributed by atoms with Crippen LogP contribution in [0.2, 0.25) is 5.02 Å². The number of amides is 2. The van der Waals surface area contributed by atoms with Crippen LogP contribution < -0.4 is 26.8 Å². The summed E-state index contributed by atoms with van der Waals surface area (Å²) in [7, 11) is 0. The van der Waals surface area contributed by atoms with Gasteiger partial charge in [0, 0.05) is 56.0 Å². The highest BCUT2D eigenvalue weighted by Crippen LogP contribution is 2.36. The van der Waals surface area contributed by atoms with Crippen LogP contribution in [0, 0.1) is 5.82 Å². The molecule has 6 N–H and O–H groups in total. The number of fused-ring (bicyclic) bond motifs is 1. The van der Waals surface area contributed by atoms with E-state index in [1.807, 2.05) is 26.0 Å². The molecule has 1 unspecified atom stereocenters. The van der Waals surface area contributed by atoms with Crippen LogP contribution in [0.1, 0.15) is 48.3 Å². The molecule has 0 aliphatic carbocycles. The van der Waals surface area contributed by atoms with E-state index in [0.29, 0.717) is 30.4 Å². The first-order valence-corrected chi connectivity index (χ1v) is 16.9. The number of carboxylic acid groups (broad SMARTS) is 1. The Morgan fingerprint density at radius 2 is 1.68 bits per heavy atom. The summed E-state index contributed by atoms with van der Waals surface area (Å²) in [5, 5.41) is 13.1. The number of rotatable bonds is 8. The Hall–Kier alpha value is -4.69. The highest BCUT2D eigenvalue weighted by atomic mass is 35.5. The van der Waals surface area contributed by atoms with Crippen molar-refractivity contribution in [3.8, 4) is 0 Å². The van der Waals surface area contributed by atoms with Gasteiger partial charge < -0.3 is 30.7 Å². The highest BCUT2D eigenvalue weighted by molar-refractivity contribution is 6.31.